The Morgan fingerprint density at radius 3 is 2.20 bits per heavy atom. The molecule has 0 fully saturated rings. The summed E-state index contributed by atoms with van der Waals surface area (Å²) < 4.78 is 15.7. The van der Waals surface area contributed by atoms with E-state index in [1.165, 1.54) is 5.56 Å². The van der Waals surface area contributed by atoms with Crippen LogP contribution in [-0.2, 0) is 11.2 Å². The van der Waals surface area contributed by atoms with Crippen molar-refractivity contribution in [1.29, 1.82) is 0 Å². The van der Waals surface area contributed by atoms with Crippen molar-refractivity contribution in [3.05, 3.63) is 59.7 Å². The molecule has 0 aliphatic carbocycles. The van der Waals surface area contributed by atoms with Gasteiger partial charge in [-0.25, -0.2) is 0 Å². The van der Waals surface area contributed by atoms with E-state index in [2.05, 4.69) is 29.6 Å². The lowest BCUT2D eigenvalue weighted by molar-refractivity contribution is 0.146. The molecule has 1 unspecified atom stereocenters. The molecule has 2 rings (SSSR count). The number of nitrogens with one attached hydrogen (secondary N) is 1. The smallest absolute Gasteiger partial charge is 0.119 e. The summed E-state index contributed by atoms with van der Waals surface area (Å²) in [5, 5.41) is 3.52. The Bertz CT molecular complexity index is 599. The quantitative estimate of drug-likeness (QED) is 0.613. The van der Waals surface area contributed by atoms with E-state index in [1.54, 1.807) is 14.2 Å². The molecule has 0 amide bonds. The SMILES string of the molecule is COCCOc1ccc(C(CN)NCCc2ccc(OC)cc2)cc1. The van der Waals surface area contributed by atoms with Crippen molar-refractivity contribution in [2.45, 2.75) is 12.5 Å². The average molecular weight is 344 g/mol. The molecule has 2 aromatic rings. The van der Waals surface area contributed by atoms with Crippen LogP contribution in [0.15, 0.2) is 48.5 Å². The third-order valence-corrected chi connectivity index (χ3v) is 4.04. The number of ether oxygens (including phenoxy) is 3. The highest BCUT2D eigenvalue weighted by atomic mass is 16.5. The number of methoxy groups -OCH3 is 2. The zero-order valence-corrected chi connectivity index (χ0v) is 15.0. The van der Waals surface area contributed by atoms with Gasteiger partial charge >= 0.3 is 0 Å². The summed E-state index contributed by atoms with van der Waals surface area (Å²) in [4.78, 5) is 0. The molecule has 0 saturated heterocycles. The molecule has 0 aliphatic heterocycles. The average Bonchev–Trinajstić information content (AvgIpc) is 2.67. The maximum Gasteiger partial charge on any atom is 0.119 e. The molecule has 3 N–H and O–H groups in total. The minimum absolute atomic E-state index is 0.131. The van der Waals surface area contributed by atoms with Crippen molar-refractivity contribution in [2.24, 2.45) is 5.73 Å². The Hall–Kier alpha value is -2.08. The van der Waals surface area contributed by atoms with Crippen LogP contribution in [0.3, 0.4) is 0 Å². The van der Waals surface area contributed by atoms with Gasteiger partial charge in [0.15, 0.2) is 0 Å². The molecule has 0 heterocycles. The zero-order chi connectivity index (χ0) is 17.9. The summed E-state index contributed by atoms with van der Waals surface area (Å²) in [6, 6.07) is 16.3. The third kappa shape index (κ3) is 6.38. The second-order valence-corrected chi connectivity index (χ2v) is 5.75. The first-order chi connectivity index (χ1) is 12.3. The Balaban J connectivity index is 1.82. The molecule has 25 heavy (non-hydrogen) atoms. The zero-order valence-electron chi connectivity index (χ0n) is 15.0. The summed E-state index contributed by atoms with van der Waals surface area (Å²) in [6.45, 7) is 2.54. The van der Waals surface area contributed by atoms with Crippen LogP contribution in [0.4, 0.5) is 0 Å². The van der Waals surface area contributed by atoms with E-state index in [4.69, 9.17) is 19.9 Å². The third-order valence-electron chi connectivity index (χ3n) is 4.04. The van der Waals surface area contributed by atoms with E-state index in [0.717, 1.165) is 30.0 Å². The van der Waals surface area contributed by atoms with Gasteiger partial charge in [-0.1, -0.05) is 24.3 Å². The molecule has 0 spiro atoms. The molecule has 0 radical (unpaired) electrons. The van der Waals surface area contributed by atoms with E-state index in [9.17, 15) is 0 Å². The first-order valence-corrected chi connectivity index (χ1v) is 8.55. The maximum atomic E-state index is 5.93. The number of nitrogens with two attached hydrogens (primary N) is 1. The van der Waals surface area contributed by atoms with Crippen molar-refractivity contribution in [1.82, 2.24) is 5.32 Å². The van der Waals surface area contributed by atoms with E-state index in [-0.39, 0.29) is 6.04 Å². The monoisotopic (exact) mass is 344 g/mol. The number of rotatable bonds is 11. The molecule has 1 atom stereocenters. The molecule has 0 bridgehead atoms. The largest absolute Gasteiger partial charge is 0.497 e. The van der Waals surface area contributed by atoms with Gasteiger partial charge in [0, 0.05) is 19.7 Å². The summed E-state index contributed by atoms with van der Waals surface area (Å²) in [5.41, 5.74) is 8.36. The highest BCUT2D eigenvalue weighted by Crippen LogP contribution is 2.18. The molecule has 0 aliphatic rings. The van der Waals surface area contributed by atoms with Gasteiger partial charge in [-0.05, 0) is 48.4 Å². The predicted octanol–water partition coefficient (Wildman–Crippen LogP) is 2.55. The van der Waals surface area contributed by atoms with Crippen LogP contribution in [0, 0.1) is 0 Å². The predicted molar refractivity (Wildman–Crippen MR) is 100 cm³/mol. The maximum absolute atomic E-state index is 5.93. The van der Waals surface area contributed by atoms with Gasteiger partial charge in [0.2, 0.25) is 0 Å². The molecule has 5 nitrogen and oxygen atoms in total. The van der Waals surface area contributed by atoms with Gasteiger partial charge < -0.3 is 25.3 Å². The van der Waals surface area contributed by atoms with E-state index >= 15 is 0 Å². The van der Waals surface area contributed by atoms with E-state index in [1.807, 2.05) is 24.3 Å². The van der Waals surface area contributed by atoms with Gasteiger partial charge in [-0.3, -0.25) is 0 Å². The van der Waals surface area contributed by atoms with Gasteiger partial charge in [-0.2, -0.15) is 0 Å². The number of benzene rings is 2. The van der Waals surface area contributed by atoms with E-state index < -0.39 is 0 Å². The van der Waals surface area contributed by atoms with Crippen molar-refractivity contribution in [2.75, 3.05) is 40.5 Å². The molecular weight excluding hydrogens is 316 g/mol. The minimum atomic E-state index is 0.131. The Labute approximate surface area is 150 Å². The summed E-state index contributed by atoms with van der Waals surface area (Å²) in [7, 11) is 3.34. The fourth-order valence-electron chi connectivity index (χ4n) is 2.56. The second-order valence-electron chi connectivity index (χ2n) is 5.75. The van der Waals surface area contributed by atoms with Gasteiger partial charge in [0.25, 0.3) is 0 Å². The van der Waals surface area contributed by atoms with Gasteiger partial charge in [0.1, 0.15) is 18.1 Å². The Kier molecular flexibility index (Phi) is 8.25. The van der Waals surface area contributed by atoms with Crippen molar-refractivity contribution in [3.8, 4) is 11.5 Å². The van der Waals surface area contributed by atoms with Crippen LogP contribution in [0.25, 0.3) is 0 Å². The Morgan fingerprint density at radius 2 is 1.60 bits per heavy atom. The first-order valence-electron chi connectivity index (χ1n) is 8.55. The topological polar surface area (TPSA) is 65.7 Å². The fourth-order valence-corrected chi connectivity index (χ4v) is 2.56. The fraction of sp³-hybridized carbons (Fsp3) is 0.400. The van der Waals surface area contributed by atoms with Crippen molar-refractivity contribution >= 4 is 0 Å². The molecule has 136 valence electrons. The summed E-state index contributed by atoms with van der Waals surface area (Å²) in [5.74, 6) is 1.72. The molecule has 5 heteroatoms. The Morgan fingerprint density at radius 1 is 0.920 bits per heavy atom. The highest BCUT2D eigenvalue weighted by molar-refractivity contribution is 5.30. The van der Waals surface area contributed by atoms with Crippen LogP contribution in [0.1, 0.15) is 17.2 Å². The lowest BCUT2D eigenvalue weighted by Crippen LogP contribution is -2.29. The number of hydrogen-bond acceptors (Lipinski definition) is 5. The summed E-state index contributed by atoms with van der Waals surface area (Å²) >= 11 is 0. The van der Waals surface area contributed by atoms with Crippen LogP contribution >= 0.6 is 0 Å². The minimum Gasteiger partial charge on any atom is -0.497 e. The van der Waals surface area contributed by atoms with E-state index in [0.29, 0.717) is 19.8 Å². The van der Waals surface area contributed by atoms with Crippen molar-refractivity contribution in [3.63, 3.8) is 0 Å². The normalized spacial score (nSPS) is 12.0. The van der Waals surface area contributed by atoms with Crippen LogP contribution in [-0.4, -0.2) is 40.5 Å². The number of hydrogen-bond donors (Lipinski definition) is 2. The summed E-state index contributed by atoms with van der Waals surface area (Å²) in [6.07, 6.45) is 0.943. The van der Waals surface area contributed by atoms with Crippen molar-refractivity contribution < 1.29 is 14.2 Å². The van der Waals surface area contributed by atoms with Crippen LogP contribution in [0.2, 0.25) is 0 Å². The lowest BCUT2D eigenvalue weighted by atomic mass is 10.1. The van der Waals surface area contributed by atoms with Gasteiger partial charge in [-0.15, -0.1) is 0 Å². The molecule has 0 aromatic heterocycles. The van der Waals surface area contributed by atoms with Gasteiger partial charge in [0.05, 0.1) is 13.7 Å². The molecule has 0 saturated carbocycles. The lowest BCUT2D eigenvalue weighted by Gasteiger charge is -2.18. The first kappa shape index (κ1) is 19.2. The highest BCUT2D eigenvalue weighted by Gasteiger charge is 2.09. The van der Waals surface area contributed by atoms with Crippen LogP contribution in [0.5, 0.6) is 11.5 Å². The molecule has 2 aromatic carbocycles. The second kappa shape index (κ2) is 10.7. The molecular formula is C20H28N2O3. The van der Waals surface area contributed by atoms with Crippen LogP contribution < -0.4 is 20.5 Å². The standard InChI is InChI=1S/C20H28N2O3/c1-23-13-14-25-19-9-5-17(6-10-19)20(15-21)22-12-11-16-3-7-18(24-2)8-4-16/h3-10,20,22H,11-15,21H2,1-2H3.